The van der Waals surface area contributed by atoms with Crippen molar-refractivity contribution in [2.24, 2.45) is 11.8 Å². The predicted octanol–water partition coefficient (Wildman–Crippen LogP) is 1.74. The van der Waals surface area contributed by atoms with E-state index in [0.29, 0.717) is 16.5 Å². The highest BCUT2D eigenvalue weighted by atomic mass is 79.9. The maximum Gasteiger partial charge on any atom is 0.337 e. The third kappa shape index (κ3) is 2.04. The standard InChI is InChI=1S/C14H12BrNO4/c1-20-14(19)7-2-3-8(11(15)4-7)6-16-12(17)9-5-10(9)13(16)18/h2-4,9-10H,5-6H2,1H3. The maximum atomic E-state index is 11.9. The number of imide groups is 1. The van der Waals surface area contributed by atoms with Gasteiger partial charge in [-0.15, -0.1) is 0 Å². The van der Waals surface area contributed by atoms with Crippen molar-refractivity contribution in [3.8, 4) is 0 Å². The second-order valence-electron chi connectivity index (χ2n) is 5.01. The molecule has 1 saturated heterocycles. The number of amides is 2. The van der Waals surface area contributed by atoms with Crippen LogP contribution in [-0.4, -0.2) is 29.8 Å². The topological polar surface area (TPSA) is 63.7 Å². The lowest BCUT2D eigenvalue weighted by Crippen LogP contribution is -2.32. The molecule has 2 amide bonds. The van der Waals surface area contributed by atoms with Crippen LogP contribution in [-0.2, 0) is 20.9 Å². The summed E-state index contributed by atoms with van der Waals surface area (Å²) in [5.41, 5.74) is 1.21. The summed E-state index contributed by atoms with van der Waals surface area (Å²) >= 11 is 3.36. The summed E-state index contributed by atoms with van der Waals surface area (Å²) in [4.78, 5) is 36.5. The lowest BCUT2D eigenvalue weighted by molar-refractivity contribution is -0.142. The summed E-state index contributed by atoms with van der Waals surface area (Å²) in [5, 5.41) is 0. The number of piperidine rings is 1. The van der Waals surface area contributed by atoms with E-state index in [4.69, 9.17) is 0 Å². The van der Waals surface area contributed by atoms with E-state index in [0.717, 1.165) is 5.56 Å². The Bertz CT molecular complexity index is 608. The molecule has 104 valence electrons. The van der Waals surface area contributed by atoms with Gasteiger partial charge in [-0.1, -0.05) is 22.0 Å². The van der Waals surface area contributed by atoms with E-state index in [2.05, 4.69) is 20.7 Å². The van der Waals surface area contributed by atoms with Gasteiger partial charge < -0.3 is 4.74 Å². The molecule has 5 nitrogen and oxygen atoms in total. The Hall–Kier alpha value is -1.69. The smallest absolute Gasteiger partial charge is 0.337 e. The molecule has 1 aliphatic carbocycles. The van der Waals surface area contributed by atoms with Crippen LogP contribution in [0.1, 0.15) is 22.3 Å². The lowest BCUT2D eigenvalue weighted by atomic mass is 10.1. The van der Waals surface area contributed by atoms with Crippen LogP contribution in [0.25, 0.3) is 0 Å². The first kappa shape index (κ1) is 13.3. The average molecular weight is 338 g/mol. The van der Waals surface area contributed by atoms with Crippen molar-refractivity contribution in [1.82, 2.24) is 4.90 Å². The first-order valence-corrected chi connectivity index (χ1v) is 7.04. The zero-order valence-electron chi connectivity index (χ0n) is 10.8. The third-order valence-corrected chi connectivity index (χ3v) is 4.50. The molecule has 1 aliphatic heterocycles. The van der Waals surface area contributed by atoms with Gasteiger partial charge in [-0.05, 0) is 24.1 Å². The minimum absolute atomic E-state index is 0.0797. The number of carbonyl (C=O) groups excluding carboxylic acids is 3. The van der Waals surface area contributed by atoms with Crippen LogP contribution in [0.2, 0.25) is 0 Å². The number of ether oxygens (including phenoxy) is 1. The molecular weight excluding hydrogens is 326 g/mol. The fourth-order valence-electron chi connectivity index (χ4n) is 2.50. The van der Waals surface area contributed by atoms with Gasteiger partial charge in [0.05, 0.1) is 31.1 Å². The summed E-state index contributed by atoms with van der Waals surface area (Å²) in [6, 6.07) is 4.98. The second-order valence-corrected chi connectivity index (χ2v) is 5.86. The van der Waals surface area contributed by atoms with Crippen LogP contribution in [0.5, 0.6) is 0 Å². The van der Waals surface area contributed by atoms with Crippen molar-refractivity contribution in [2.75, 3.05) is 7.11 Å². The van der Waals surface area contributed by atoms with Crippen LogP contribution in [0.3, 0.4) is 0 Å². The SMILES string of the molecule is COC(=O)c1ccc(CN2C(=O)C3CC3C2=O)c(Br)c1. The lowest BCUT2D eigenvalue weighted by Gasteiger charge is -2.17. The van der Waals surface area contributed by atoms with Crippen molar-refractivity contribution in [2.45, 2.75) is 13.0 Å². The molecule has 0 spiro atoms. The molecule has 2 fully saturated rings. The van der Waals surface area contributed by atoms with E-state index in [1.54, 1.807) is 18.2 Å². The Morgan fingerprint density at radius 1 is 1.35 bits per heavy atom. The molecule has 2 aliphatic rings. The van der Waals surface area contributed by atoms with Crippen molar-refractivity contribution in [3.63, 3.8) is 0 Å². The molecular formula is C14H12BrNO4. The zero-order valence-corrected chi connectivity index (χ0v) is 12.3. The van der Waals surface area contributed by atoms with Crippen LogP contribution in [0.4, 0.5) is 0 Å². The van der Waals surface area contributed by atoms with Gasteiger partial charge in [-0.25, -0.2) is 4.79 Å². The number of esters is 1. The molecule has 1 aromatic carbocycles. The summed E-state index contributed by atoms with van der Waals surface area (Å²) < 4.78 is 5.32. The quantitative estimate of drug-likeness (QED) is 0.622. The van der Waals surface area contributed by atoms with E-state index < -0.39 is 5.97 Å². The number of halogens is 1. The Balaban J connectivity index is 1.80. The number of fused-ring (bicyclic) bond motifs is 1. The maximum absolute atomic E-state index is 11.9. The number of rotatable bonds is 3. The Morgan fingerprint density at radius 2 is 2.00 bits per heavy atom. The van der Waals surface area contributed by atoms with Gasteiger partial charge in [0.2, 0.25) is 11.8 Å². The number of benzene rings is 1. The fourth-order valence-corrected chi connectivity index (χ4v) is 3.00. The number of nitrogens with zero attached hydrogens (tertiary/aromatic N) is 1. The van der Waals surface area contributed by atoms with Gasteiger partial charge in [0.15, 0.2) is 0 Å². The molecule has 20 heavy (non-hydrogen) atoms. The number of hydrogen-bond donors (Lipinski definition) is 0. The second kappa shape index (κ2) is 4.70. The van der Waals surface area contributed by atoms with Gasteiger partial charge >= 0.3 is 5.97 Å². The molecule has 2 atom stereocenters. The highest BCUT2D eigenvalue weighted by Gasteiger charge is 2.58. The average Bonchev–Trinajstić information content (AvgIpc) is 3.19. The molecule has 3 rings (SSSR count). The highest BCUT2D eigenvalue weighted by Crippen LogP contribution is 2.47. The van der Waals surface area contributed by atoms with Crippen LogP contribution in [0, 0.1) is 11.8 Å². The molecule has 6 heteroatoms. The van der Waals surface area contributed by atoms with Gasteiger partial charge in [0.25, 0.3) is 0 Å². The summed E-state index contributed by atoms with van der Waals surface area (Å²) in [6.45, 7) is 0.243. The summed E-state index contributed by atoms with van der Waals surface area (Å²) in [5.74, 6) is -0.758. The molecule has 0 bridgehead atoms. The van der Waals surface area contributed by atoms with Gasteiger partial charge in [-0.3, -0.25) is 14.5 Å². The van der Waals surface area contributed by atoms with Crippen molar-refractivity contribution in [1.29, 1.82) is 0 Å². The van der Waals surface area contributed by atoms with Gasteiger partial charge in [-0.2, -0.15) is 0 Å². The van der Waals surface area contributed by atoms with Gasteiger partial charge in [0.1, 0.15) is 0 Å². The van der Waals surface area contributed by atoms with Crippen molar-refractivity contribution < 1.29 is 19.1 Å². The zero-order chi connectivity index (χ0) is 14.4. The largest absolute Gasteiger partial charge is 0.465 e. The molecule has 2 unspecified atom stereocenters. The molecule has 0 radical (unpaired) electrons. The molecule has 0 N–H and O–H groups in total. The monoisotopic (exact) mass is 337 g/mol. The first-order chi connectivity index (χ1) is 9.52. The summed E-state index contributed by atoms with van der Waals surface area (Å²) in [6.07, 6.45) is 0.705. The molecule has 1 saturated carbocycles. The summed E-state index contributed by atoms with van der Waals surface area (Å²) in [7, 11) is 1.32. The molecule has 1 heterocycles. The number of methoxy groups -OCH3 is 1. The van der Waals surface area contributed by atoms with E-state index >= 15 is 0 Å². The van der Waals surface area contributed by atoms with E-state index in [1.807, 2.05) is 0 Å². The number of likely N-dealkylation sites (tertiary alicyclic amines) is 1. The van der Waals surface area contributed by atoms with E-state index in [9.17, 15) is 14.4 Å². The van der Waals surface area contributed by atoms with E-state index in [-0.39, 0.29) is 30.2 Å². The van der Waals surface area contributed by atoms with Crippen LogP contribution in [0.15, 0.2) is 22.7 Å². The fraction of sp³-hybridized carbons (Fsp3) is 0.357. The van der Waals surface area contributed by atoms with Crippen LogP contribution < -0.4 is 0 Å². The highest BCUT2D eigenvalue weighted by molar-refractivity contribution is 9.10. The third-order valence-electron chi connectivity index (χ3n) is 3.76. The normalized spacial score (nSPS) is 23.8. The molecule has 1 aromatic rings. The van der Waals surface area contributed by atoms with Crippen molar-refractivity contribution >= 4 is 33.7 Å². The predicted molar refractivity (Wildman–Crippen MR) is 72.6 cm³/mol. The van der Waals surface area contributed by atoms with E-state index in [1.165, 1.54) is 12.0 Å². The Labute approximate surface area is 124 Å². The first-order valence-electron chi connectivity index (χ1n) is 6.25. The molecule has 0 aromatic heterocycles. The Kier molecular flexibility index (Phi) is 3.12. The number of hydrogen-bond acceptors (Lipinski definition) is 4. The van der Waals surface area contributed by atoms with Crippen LogP contribution >= 0.6 is 15.9 Å². The van der Waals surface area contributed by atoms with Crippen molar-refractivity contribution in [3.05, 3.63) is 33.8 Å². The number of carbonyl (C=O) groups is 3. The Morgan fingerprint density at radius 3 is 2.55 bits per heavy atom. The minimum Gasteiger partial charge on any atom is -0.465 e. The minimum atomic E-state index is -0.424. The van der Waals surface area contributed by atoms with Gasteiger partial charge in [0, 0.05) is 4.47 Å².